The summed E-state index contributed by atoms with van der Waals surface area (Å²) >= 11 is 3.63. The third-order valence-corrected chi connectivity index (χ3v) is 6.93. The molecule has 0 spiro atoms. The van der Waals surface area contributed by atoms with E-state index in [0.29, 0.717) is 24.2 Å². The molecule has 4 N–H and O–H groups in total. The van der Waals surface area contributed by atoms with Gasteiger partial charge in [0.2, 0.25) is 0 Å². The van der Waals surface area contributed by atoms with Gasteiger partial charge in [0, 0.05) is 52.3 Å². The van der Waals surface area contributed by atoms with Crippen LogP contribution in [0.2, 0.25) is 0 Å². The number of hydrogen-bond donors (Lipinski definition) is 3. The van der Waals surface area contributed by atoms with Crippen molar-refractivity contribution in [3.8, 4) is 0 Å². The van der Waals surface area contributed by atoms with Crippen molar-refractivity contribution in [3.05, 3.63) is 62.9 Å². The number of carbonyl (C=O) groups excluding carboxylic acids is 1. The van der Waals surface area contributed by atoms with E-state index >= 15 is 0 Å². The van der Waals surface area contributed by atoms with E-state index in [9.17, 15) is 4.79 Å². The minimum absolute atomic E-state index is 0.0684. The summed E-state index contributed by atoms with van der Waals surface area (Å²) in [4.78, 5) is 15.6. The third-order valence-electron chi connectivity index (χ3n) is 6.47. The summed E-state index contributed by atoms with van der Waals surface area (Å²) in [6.45, 7) is 13.7. The van der Waals surface area contributed by atoms with Gasteiger partial charge in [-0.3, -0.25) is 4.79 Å². The van der Waals surface area contributed by atoms with Crippen LogP contribution in [0.15, 0.2) is 51.8 Å². The molecule has 0 saturated heterocycles. The van der Waals surface area contributed by atoms with Gasteiger partial charge in [0.15, 0.2) is 0 Å². The smallest absolute Gasteiger partial charge is 0.251 e. The number of rotatable bonds is 6. The summed E-state index contributed by atoms with van der Waals surface area (Å²) in [5.74, 6) is -0.0684. The molecule has 0 atom stereocenters. The summed E-state index contributed by atoms with van der Waals surface area (Å²) in [7, 11) is 0. The quantitative estimate of drug-likeness (QED) is 0.533. The molecule has 1 amide bonds. The SMILES string of the molecule is C=C1NC(C)=CC(C)=C1CNC(=O)c1cc(Br)cc(N(CC)[C@H]2CC[C@H](N)CC2)c1C. The van der Waals surface area contributed by atoms with Gasteiger partial charge in [0.05, 0.1) is 0 Å². The highest BCUT2D eigenvalue weighted by molar-refractivity contribution is 9.10. The first-order valence-corrected chi connectivity index (χ1v) is 12.0. The Kier molecular flexibility index (Phi) is 7.65. The average molecular weight is 487 g/mol. The molecule has 0 aromatic heterocycles. The van der Waals surface area contributed by atoms with Crippen molar-refractivity contribution in [3.63, 3.8) is 0 Å². The van der Waals surface area contributed by atoms with E-state index in [1.54, 1.807) is 0 Å². The zero-order chi connectivity index (χ0) is 22.7. The molecule has 2 aliphatic rings. The number of dihydropyridines is 1. The number of nitrogens with one attached hydrogen (secondary N) is 2. The molecule has 168 valence electrons. The van der Waals surface area contributed by atoms with E-state index in [1.807, 2.05) is 19.9 Å². The largest absolute Gasteiger partial charge is 0.369 e. The summed E-state index contributed by atoms with van der Waals surface area (Å²) in [5, 5.41) is 6.35. The van der Waals surface area contributed by atoms with Gasteiger partial charge < -0.3 is 21.3 Å². The molecular formula is C25H35BrN4O. The summed E-state index contributed by atoms with van der Waals surface area (Å²) in [6.07, 6.45) is 6.38. The van der Waals surface area contributed by atoms with Gasteiger partial charge in [-0.2, -0.15) is 0 Å². The molecule has 1 aromatic carbocycles. The Morgan fingerprint density at radius 3 is 2.55 bits per heavy atom. The first-order chi connectivity index (χ1) is 14.7. The topological polar surface area (TPSA) is 70.4 Å². The van der Waals surface area contributed by atoms with Crippen molar-refractivity contribution in [2.75, 3.05) is 18.0 Å². The molecule has 0 unspecified atom stereocenters. The van der Waals surface area contributed by atoms with Crippen LogP contribution in [0.4, 0.5) is 5.69 Å². The first-order valence-electron chi connectivity index (χ1n) is 11.2. The van der Waals surface area contributed by atoms with Crippen molar-refractivity contribution in [1.29, 1.82) is 0 Å². The number of allylic oxidation sites excluding steroid dienone is 3. The zero-order valence-electron chi connectivity index (χ0n) is 19.1. The van der Waals surface area contributed by atoms with E-state index in [-0.39, 0.29) is 5.91 Å². The van der Waals surface area contributed by atoms with Gasteiger partial charge >= 0.3 is 0 Å². The highest BCUT2D eigenvalue weighted by Gasteiger charge is 2.26. The second kappa shape index (κ2) is 10.0. The van der Waals surface area contributed by atoms with E-state index in [1.165, 1.54) is 0 Å². The van der Waals surface area contributed by atoms with Crippen molar-refractivity contribution < 1.29 is 4.79 Å². The third kappa shape index (κ3) is 5.42. The van der Waals surface area contributed by atoms with Crippen LogP contribution in [0.5, 0.6) is 0 Å². The van der Waals surface area contributed by atoms with Gasteiger partial charge in [0.1, 0.15) is 0 Å². The van der Waals surface area contributed by atoms with E-state index in [2.05, 4.69) is 64.0 Å². The molecule has 1 aliphatic heterocycles. The van der Waals surface area contributed by atoms with Crippen molar-refractivity contribution in [2.45, 2.75) is 65.5 Å². The number of hydrogen-bond acceptors (Lipinski definition) is 4. The van der Waals surface area contributed by atoms with Gasteiger partial charge in [-0.25, -0.2) is 0 Å². The first kappa shape index (κ1) is 23.6. The molecule has 31 heavy (non-hydrogen) atoms. The van der Waals surface area contributed by atoms with Crippen LogP contribution in [-0.2, 0) is 0 Å². The van der Waals surface area contributed by atoms with Gasteiger partial charge in [-0.1, -0.05) is 22.5 Å². The van der Waals surface area contributed by atoms with Crippen molar-refractivity contribution in [1.82, 2.24) is 10.6 Å². The monoisotopic (exact) mass is 486 g/mol. The molecule has 1 aliphatic carbocycles. The Morgan fingerprint density at radius 1 is 1.26 bits per heavy atom. The van der Waals surface area contributed by atoms with Crippen molar-refractivity contribution >= 4 is 27.5 Å². The van der Waals surface area contributed by atoms with Crippen LogP contribution >= 0.6 is 15.9 Å². The van der Waals surface area contributed by atoms with E-state index < -0.39 is 0 Å². The Hall–Kier alpha value is -2.05. The fourth-order valence-electron chi connectivity index (χ4n) is 4.75. The number of benzene rings is 1. The minimum atomic E-state index is -0.0684. The molecular weight excluding hydrogens is 452 g/mol. The average Bonchev–Trinajstić information content (AvgIpc) is 2.71. The summed E-state index contributed by atoms with van der Waals surface area (Å²) < 4.78 is 0.918. The van der Waals surface area contributed by atoms with Crippen LogP contribution in [-0.4, -0.2) is 31.1 Å². The lowest BCUT2D eigenvalue weighted by Crippen LogP contribution is -2.41. The fourth-order valence-corrected chi connectivity index (χ4v) is 5.19. The van der Waals surface area contributed by atoms with Crippen LogP contribution in [0.1, 0.15) is 62.4 Å². The predicted molar refractivity (Wildman–Crippen MR) is 133 cm³/mol. The molecule has 5 nitrogen and oxygen atoms in total. The zero-order valence-corrected chi connectivity index (χ0v) is 20.7. The molecule has 1 aromatic rings. The summed E-state index contributed by atoms with van der Waals surface area (Å²) in [5.41, 5.74) is 13.0. The van der Waals surface area contributed by atoms with E-state index in [0.717, 1.165) is 70.5 Å². The number of anilines is 1. The number of nitrogens with two attached hydrogens (primary N) is 1. The minimum Gasteiger partial charge on any atom is -0.369 e. The van der Waals surface area contributed by atoms with Gasteiger partial charge in [-0.15, -0.1) is 0 Å². The van der Waals surface area contributed by atoms with Gasteiger partial charge in [0.25, 0.3) is 5.91 Å². The Balaban J connectivity index is 1.82. The maximum atomic E-state index is 13.2. The van der Waals surface area contributed by atoms with Gasteiger partial charge in [-0.05, 0) is 88.3 Å². The maximum absolute atomic E-state index is 13.2. The molecule has 3 rings (SSSR count). The molecule has 1 fully saturated rings. The highest BCUT2D eigenvalue weighted by atomic mass is 79.9. The van der Waals surface area contributed by atoms with E-state index in [4.69, 9.17) is 5.73 Å². The lowest BCUT2D eigenvalue weighted by molar-refractivity contribution is 0.0956. The Morgan fingerprint density at radius 2 is 1.94 bits per heavy atom. The fraction of sp³-hybridized carbons (Fsp3) is 0.480. The lowest BCUT2D eigenvalue weighted by atomic mass is 9.90. The van der Waals surface area contributed by atoms with Crippen LogP contribution in [0.3, 0.4) is 0 Å². The maximum Gasteiger partial charge on any atom is 0.251 e. The normalized spacial score (nSPS) is 21.5. The molecule has 1 saturated carbocycles. The second-order valence-corrected chi connectivity index (χ2v) is 9.64. The van der Waals surface area contributed by atoms with Crippen molar-refractivity contribution in [2.24, 2.45) is 5.73 Å². The Bertz CT molecular complexity index is 926. The second-order valence-electron chi connectivity index (χ2n) is 8.73. The van der Waals surface area contributed by atoms with Crippen LogP contribution in [0, 0.1) is 6.92 Å². The lowest BCUT2D eigenvalue weighted by Gasteiger charge is -2.38. The standard InChI is InChI=1S/C25H35BrN4O/c1-6-30(21-9-7-20(27)8-10-21)24-13-19(26)12-22(17(24)4)25(31)28-14-23-15(2)11-16(3)29-18(23)5/h11-13,20-21,29H,5-10,14,27H2,1-4H3,(H,28,31)/t20-,21-. The number of amides is 1. The molecule has 6 heteroatoms. The molecule has 0 bridgehead atoms. The van der Waals surface area contributed by atoms with Crippen LogP contribution in [0.25, 0.3) is 0 Å². The number of nitrogens with zero attached hydrogens (tertiary/aromatic N) is 1. The highest BCUT2D eigenvalue weighted by Crippen LogP contribution is 2.33. The molecule has 1 heterocycles. The predicted octanol–water partition coefficient (Wildman–Crippen LogP) is 4.92. The number of carbonyl (C=O) groups is 1. The number of halogens is 1. The Labute approximate surface area is 195 Å². The summed E-state index contributed by atoms with van der Waals surface area (Å²) in [6, 6.07) is 4.84. The van der Waals surface area contributed by atoms with Crippen LogP contribution < -0.4 is 21.3 Å². The molecule has 0 radical (unpaired) electrons.